The van der Waals surface area contributed by atoms with E-state index < -0.39 is 0 Å². The van der Waals surface area contributed by atoms with Crippen LogP contribution >= 0.6 is 11.6 Å². The number of amides is 1. The second-order valence-corrected chi connectivity index (χ2v) is 4.66. The van der Waals surface area contributed by atoms with Gasteiger partial charge in [0.05, 0.1) is 16.4 Å². The Bertz CT molecular complexity index is 403. The molecule has 0 aliphatic heterocycles. The van der Waals surface area contributed by atoms with Gasteiger partial charge in [0, 0.05) is 20.0 Å². The van der Waals surface area contributed by atoms with Crippen LogP contribution in [0.3, 0.4) is 0 Å². The van der Waals surface area contributed by atoms with E-state index in [2.05, 4.69) is 10.4 Å². The first-order valence-corrected chi connectivity index (χ1v) is 6.63. The minimum absolute atomic E-state index is 0.239. The number of primary amides is 1. The molecule has 1 rings (SSSR count). The highest BCUT2D eigenvalue weighted by Crippen LogP contribution is 2.20. The lowest BCUT2D eigenvalue weighted by atomic mass is 10.2. The average Bonchev–Trinajstić information content (AvgIpc) is 2.59. The molecule has 5 nitrogen and oxygen atoms in total. The van der Waals surface area contributed by atoms with Gasteiger partial charge in [0.1, 0.15) is 0 Å². The minimum Gasteiger partial charge on any atom is -0.370 e. The molecule has 0 aromatic carbocycles. The number of aromatic nitrogens is 2. The van der Waals surface area contributed by atoms with Crippen molar-refractivity contribution in [2.75, 3.05) is 6.54 Å². The predicted octanol–water partition coefficient (Wildman–Crippen LogP) is 1.38. The largest absolute Gasteiger partial charge is 0.370 e. The van der Waals surface area contributed by atoms with Crippen molar-refractivity contribution in [1.82, 2.24) is 15.1 Å². The highest BCUT2D eigenvalue weighted by Gasteiger charge is 2.11. The molecule has 0 radical (unpaired) electrons. The summed E-state index contributed by atoms with van der Waals surface area (Å²) >= 11 is 6.23. The van der Waals surface area contributed by atoms with E-state index in [0.29, 0.717) is 13.0 Å². The highest BCUT2D eigenvalue weighted by atomic mass is 35.5. The van der Waals surface area contributed by atoms with E-state index in [-0.39, 0.29) is 5.91 Å². The van der Waals surface area contributed by atoms with Crippen molar-refractivity contribution in [3.05, 3.63) is 16.4 Å². The summed E-state index contributed by atoms with van der Waals surface area (Å²) in [7, 11) is 1.90. The fourth-order valence-corrected chi connectivity index (χ4v) is 2.13. The Kier molecular flexibility index (Phi) is 6.15. The van der Waals surface area contributed by atoms with Gasteiger partial charge in [0.15, 0.2) is 0 Å². The van der Waals surface area contributed by atoms with Gasteiger partial charge in [-0.1, -0.05) is 18.5 Å². The quantitative estimate of drug-likeness (QED) is 0.702. The van der Waals surface area contributed by atoms with Crippen molar-refractivity contribution >= 4 is 17.5 Å². The van der Waals surface area contributed by atoms with E-state index in [1.807, 2.05) is 18.7 Å². The molecule has 3 N–H and O–H groups in total. The van der Waals surface area contributed by atoms with Gasteiger partial charge in [0.2, 0.25) is 5.91 Å². The maximum Gasteiger partial charge on any atom is 0.217 e. The number of rotatable bonds is 8. The van der Waals surface area contributed by atoms with Crippen molar-refractivity contribution in [2.45, 2.75) is 39.2 Å². The molecule has 0 aliphatic rings. The second kappa shape index (κ2) is 7.38. The Balaban J connectivity index is 2.31. The second-order valence-electron chi connectivity index (χ2n) is 4.28. The van der Waals surface area contributed by atoms with Crippen LogP contribution in [-0.2, 0) is 24.8 Å². The molecule has 0 atom stereocenters. The molecule has 0 spiro atoms. The highest BCUT2D eigenvalue weighted by molar-refractivity contribution is 6.31. The Hall–Kier alpha value is -1.07. The first-order chi connectivity index (χ1) is 8.56. The van der Waals surface area contributed by atoms with Gasteiger partial charge in [-0.3, -0.25) is 9.48 Å². The van der Waals surface area contributed by atoms with Gasteiger partial charge in [-0.2, -0.15) is 5.10 Å². The van der Waals surface area contributed by atoms with Crippen LogP contribution in [0.2, 0.25) is 5.02 Å². The van der Waals surface area contributed by atoms with Crippen LogP contribution in [0.1, 0.15) is 37.6 Å². The third kappa shape index (κ3) is 4.31. The molecule has 1 amide bonds. The molecule has 6 heteroatoms. The Morgan fingerprint density at radius 2 is 2.22 bits per heavy atom. The van der Waals surface area contributed by atoms with Crippen LogP contribution in [0.5, 0.6) is 0 Å². The van der Waals surface area contributed by atoms with Gasteiger partial charge < -0.3 is 11.1 Å². The summed E-state index contributed by atoms with van der Waals surface area (Å²) in [6, 6.07) is 0. The van der Waals surface area contributed by atoms with E-state index in [4.69, 9.17) is 17.3 Å². The molecule has 0 aliphatic carbocycles. The normalized spacial score (nSPS) is 10.8. The summed E-state index contributed by atoms with van der Waals surface area (Å²) in [4.78, 5) is 10.6. The number of carbonyl (C=O) groups excluding carboxylic acids is 1. The molecule has 0 unspecified atom stereocenters. The molecule has 0 bridgehead atoms. The number of unbranched alkanes of at least 4 members (excludes halogenated alkanes) is 1. The first kappa shape index (κ1) is 15.0. The molecule has 0 fully saturated rings. The Labute approximate surface area is 113 Å². The van der Waals surface area contributed by atoms with E-state index in [1.54, 1.807) is 0 Å². The molecule has 0 saturated heterocycles. The fourth-order valence-electron chi connectivity index (χ4n) is 1.77. The standard InChI is InChI=1S/C12H21ClN4O/c1-3-9-12(13)10(17(2)16-9)8-15-7-5-4-6-11(14)18/h15H,3-8H2,1-2H3,(H2,14,18). The maximum atomic E-state index is 10.6. The number of nitrogens with one attached hydrogen (secondary N) is 1. The van der Waals surface area contributed by atoms with Crippen molar-refractivity contribution < 1.29 is 4.79 Å². The van der Waals surface area contributed by atoms with Gasteiger partial charge in [-0.15, -0.1) is 0 Å². The maximum absolute atomic E-state index is 10.6. The van der Waals surface area contributed by atoms with Gasteiger partial charge in [0.25, 0.3) is 0 Å². The number of nitrogens with zero attached hydrogens (tertiary/aromatic N) is 2. The molecule has 1 heterocycles. The summed E-state index contributed by atoms with van der Waals surface area (Å²) in [5.41, 5.74) is 7.01. The number of hydrogen-bond acceptors (Lipinski definition) is 3. The van der Waals surface area contributed by atoms with Crippen molar-refractivity contribution in [2.24, 2.45) is 12.8 Å². The van der Waals surface area contributed by atoms with Crippen LogP contribution in [0.25, 0.3) is 0 Å². The van der Waals surface area contributed by atoms with E-state index in [1.165, 1.54) is 0 Å². The number of hydrogen-bond donors (Lipinski definition) is 2. The van der Waals surface area contributed by atoms with Crippen molar-refractivity contribution in [1.29, 1.82) is 0 Å². The number of nitrogens with two attached hydrogens (primary N) is 1. The molecule has 1 aromatic heterocycles. The lowest BCUT2D eigenvalue weighted by Crippen LogP contribution is -2.18. The topological polar surface area (TPSA) is 72.9 Å². The first-order valence-electron chi connectivity index (χ1n) is 6.25. The summed E-state index contributed by atoms with van der Waals surface area (Å²) in [5, 5.41) is 8.40. The molecule has 18 heavy (non-hydrogen) atoms. The van der Waals surface area contributed by atoms with E-state index in [0.717, 1.165) is 42.2 Å². The third-order valence-corrected chi connectivity index (χ3v) is 3.26. The van der Waals surface area contributed by atoms with Crippen LogP contribution < -0.4 is 11.1 Å². The molecular formula is C12H21ClN4O. The van der Waals surface area contributed by atoms with Crippen molar-refractivity contribution in [3.63, 3.8) is 0 Å². The lowest BCUT2D eigenvalue weighted by molar-refractivity contribution is -0.118. The zero-order valence-corrected chi connectivity index (χ0v) is 11.8. The Morgan fingerprint density at radius 3 is 2.78 bits per heavy atom. The summed E-state index contributed by atoms with van der Waals surface area (Å²) in [6.45, 7) is 3.57. The minimum atomic E-state index is -0.239. The van der Waals surface area contributed by atoms with Gasteiger partial charge in [-0.05, 0) is 25.8 Å². The molecule has 1 aromatic rings. The molecule has 102 valence electrons. The van der Waals surface area contributed by atoms with Crippen LogP contribution in [0.15, 0.2) is 0 Å². The summed E-state index contributed by atoms with van der Waals surface area (Å²) in [6.07, 6.45) is 3.04. The van der Waals surface area contributed by atoms with E-state index >= 15 is 0 Å². The average molecular weight is 273 g/mol. The lowest BCUT2D eigenvalue weighted by Gasteiger charge is -2.05. The fraction of sp³-hybridized carbons (Fsp3) is 0.667. The van der Waals surface area contributed by atoms with Crippen LogP contribution in [-0.4, -0.2) is 22.2 Å². The number of carbonyl (C=O) groups is 1. The molecular weight excluding hydrogens is 252 g/mol. The van der Waals surface area contributed by atoms with Crippen molar-refractivity contribution in [3.8, 4) is 0 Å². The molecule has 0 saturated carbocycles. The SMILES string of the molecule is CCc1nn(C)c(CNCCCCC(N)=O)c1Cl. The van der Waals surface area contributed by atoms with Gasteiger partial charge in [-0.25, -0.2) is 0 Å². The van der Waals surface area contributed by atoms with Gasteiger partial charge >= 0.3 is 0 Å². The van der Waals surface area contributed by atoms with E-state index in [9.17, 15) is 4.79 Å². The smallest absolute Gasteiger partial charge is 0.217 e. The van der Waals surface area contributed by atoms with Crippen LogP contribution in [0, 0.1) is 0 Å². The number of aryl methyl sites for hydroxylation is 2. The number of halogens is 1. The van der Waals surface area contributed by atoms with Crippen LogP contribution in [0.4, 0.5) is 0 Å². The Morgan fingerprint density at radius 1 is 1.50 bits per heavy atom. The summed E-state index contributed by atoms with van der Waals surface area (Å²) in [5.74, 6) is -0.239. The zero-order valence-electron chi connectivity index (χ0n) is 11.0. The predicted molar refractivity (Wildman–Crippen MR) is 72.3 cm³/mol. The summed E-state index contributed by atoms with van der Waals surface area (Å²) < 4.78 is 1.82. The monoisotopic (exact) mass is 272 g/mol. The third-order valence-electron chi connectivity index (χ3n) is 2.82. The zero-order chi connectivity index (χ0) is 13.5.